The number of alkyl halides is 3. The first-order chi connectivity index (χ1) is 8.58. The van der Waals surface area contributed by atoms with Gasteiger partial charge in [0.1, 0.15) is 12.4 Å². The van der Waals surface area contributed by atoms with Crippen molar-refractivity contribution in [3.8, 4) is 0 Å². The van der Waals surface area contributed by atoms with Gasteiger partial charge in [-0.05, 0) is 0 Å². The number of hydrogen-bond donors (Lipinski definition) is 0. The van der Waals surface area contributed by atoms with E-state index in [0.717, 1.165) is 4.57 Å². The highest BCUT2D eigenvalue weighted by Crippen LogP contribution is 2.24. The lowest BCUT2D eigenvalue weighted by Crippen LogP contribution is -2.32. The Kier molecular flexibility index (Phi) is 4.23. The summed E-state index contributed by atoms with van der Waals surface area (Å²) in [6.07, 6.45) is -1.20. The number of rotatable bonds is 4. The van der Waals surface area contributed by atoms with Crippen molar-refractivity contribution in [2.24, 2.45) is 7.05 Å². The van der Waals surface area contributed by atoms with Gasteiger partial charge in [0.15, 0.2) is 0 Å². The summed E-state index contributed by atoms with van der Waals surface area (Å²) in [6.45, 7) is 1.45. The zero-order valence-corrected chi connectivity index (χ0v) is 10.9. The van der Waals surface area contributed by atoms with Crippen LogP contribution in [0.25, 0.3) is 0 Å². The van der Waals surface area contributed by atoms with Crippen LogP contribution >= 0.6 is 0 Å². The molecule has 0 fully saturated rings. The van der Waals surface area contributed by atoms with Crippen LogP contribution in [0, 0.1) is 0 Å². The molecule has 0 N–H and O–H groups in total. The second-order valence-electron chi connectivity index (χ2n) is 3.75. The van der Waals surface area contributed by atoms with Gasteiger partial charge < -0.3 is 4.18 Å². The maximum Gasteiger partial charge on any atom is 0.492 e. The van der Waals surface area contributed by atoms with E-state index in [1.807, 2.05) is 0 Å². The molecular formula is C9H12F3N2O4S+. The summed E-state index contributed by atoms with van der Waals surface area (Å²) in [6, 6.07) is 0. The molecule has 0 saturated carbocycles. The summed E-state index contributed by atoms with van der Waals surface area (Å²) in [5, 5.41) is -1.40. The third kappa shape index (κ3) is 3.69. The molecule has 6 nitrogen and oxygen atoms in total. The fourth-order valence-corrected chi connectivity index (χ4v) is 2.66. The predicted octanol–water partition coefficient (Wildman–Crippen LogP) is 0.656. The minimum absolute atomic E-state index is 0.0534. The number of carbonyl (C=O) groups is 1. The summed E-state index contributed by atoms with van der Waals surface area (Å²) in [5.41, 5.74) is 0. The normalized spacial score (nSPS) is 14.2. The lowest BCUT2D eigenvalue weighted by Gasteiger charge is -2.13. The molecule has 0 aliphatic rings. The Morgan fingerprint density at radius 3 is 2.42 bits per heavy atom. The van der Waals surface area contributed by atoms with Gasteiger partial charge >= 0.3 is 22.3 Å². The summed E-state index contributed by atoms with van der Waals surface area (Å²) in [4.78, 5) is 10.6. The number of halogens is 3. The lowest BCUT2D eigenvalue weighted by molar-refractivity contribution is -0.671. The zero-order valence-electron chi connectivity index (χ0n) is 10.1. The van der Waals surface area contributed by atoms with Crippen LogP contribution in [0.1, 0.15) is 18.7 Å². The molecular weight excluding hydrogens is 289 g/mol. The summed E-state index contributed by atoms with van der Waals surface area (Å²) in [7, 11) is -3.11. The molecule has 0 aliphatic heterocycles. The van der Waals surface area contributed by atoms with Gasteiger partial charge in [-0.25, -0.2) is 13.9 Å². The van der Waals surface area contributed by atoms with Gasteiger partial charge in [0, 0.05) is 6.42 Å². The molecule has 0 saturated heterocycles. The van der Waals surface area contributed by atoms with Gasteiger partial charge in [-0.1, -0.05) is 6.92 Å². The van der Waals surface area contributed by atoms with Crippen molar-refractivity contribution in [2.75, 3.05) is 0 Å². The summed E-state index contributed by atoms with van der Waals surface area (Å²) in [5.74, 6) is -2.75. The molecule has 0 radical (unpaired) electrons. The fourth-order valence-electron chi connectivity index (χ4n) is 1.41. The Bertz CT molecular complexity index is 564. The molecule has 0 bridgehead atoms. The molecule has 1 aromatic rings. The monoisotopic (exact) mass is 301 g/mol. The predicted molar refractivity (Wildman–Crippen MR) is 56.0 cm³/mol. The Balaban J connectivity index is 3.01. The van der Waals surface area contributed by atoms with E-state index in [2.05, 4.69) is 4.18 Å². The standard InChI is InChI=1S/C9H12F3N2O4S/c1-3-7(14-5-4-13(2)6-14)19(16,17)18-8(15)9(10,11)12/h4-7H,3H2,1-2H3/q+1. The molecule has 0 spiro atoms. The molecule has 10 heteroatoms. The van der Waals surface area contributed by atoms with Crippen LogP contribution in [0.2, 0.25) is 0 Å². The van der Waals surface area contributed by atoms with Crippen molar-refractivity contribution < 1.29 is 35.1 Å². The second kappa shape index (κ2) is 5.19. The SMILES string of the molecule is CCC(n1cc[n+](C)c1)S(=O)(=O)OC(=O)C(F)(F)F. The Hall–Kier alpha value is -1.58. The average Bonchev–Trinajstić information content (AvgIpc) is 2.63. The molecule has 0 aliphatic carbocycles. The lowest BCUT2D eigenvalue weighted by atomic mass is 10.5. The maximum atomic E-state index is 12.0. The van der Waals surface area contributed by atoms with Crippen molar-refractivity contribution in [2.45, 2.75) is 24.9 Å². The van der Waals surface area contributed by atoms with Gasteiger partial charge in [0.2, 0.25) is 11.7 Å². The van der Waals surface area contributed by atoms with Crippen LogP contribution in [-0.4, -0.2) is 25.1 Å². The Labute approximate surface area is 107 Å². The van der Waals surface area contributed by atoms with Crippen molar-refractivity contribution >= 4 is 16.1 Å². The van der Waals surface area contributed by atoms with Crippen LogP contribution in [0.4, 0.5) is 13.2 Å². The fraction of sp³-hybridized carbons (Fsp3) is 0.556. The number of carbonyl (C=O) groups excluding carboxylic acids is 1. The van der Waals surface area contributed by atoms with E-state index >= 15 is 0 Å². The zero-order chi connectivity index (χ0) is 14.8. The van der Waals surface area contributed by atoms with Gasteiger partial charge in [-0.3, -0.25) is 0 Å². The number of aryl methyl sites for hydroxylation is 1. The second-order valence-corrected chi connectivity index (χ2v) is 5.45. The Morgan fingerprint density at radius 2 is 2.05 bits per heavy atom. The van der Waals surface area contributed by atoms with Gasteiger partial charge in [0.05, 0.1) is 7.05 Å². The summed E-state index contributed by atoms with van der Waals surface area (Å²) >= 11 is 0. The molecule has 0 aromatic carbocycles. The highest BCUT2D eigenvalue weighted by Gasteiger charge is 2.46. The quantitative estimate of drug-likeness (QED) is 0.605. The van der Waals surface area contributed by atoms with Crippen LogP contribution in [0.3, 0.4) is 0 Å². The number of imidazole rings is 1. The maximum absolute atomic E-state index is 12.0. The largest absolute Gasteiger partial charge is 0.492 e. The van der Waals surface area contributed by atoms with E-state index < -0.39 is 27.6 Å². The molecule has 1 heterocycles. The number of nitrogens with zero attached hydrogens (tertiary/aromatic N) is 2. The first-order valence-electron chi connectivity index (χ1n) is 5.15. The van der Waals surface area contributed by atoms with Crippen LogP contribution in [-0.2, 0) is 26.1 Å². The highest BCUT2D eigenvalue weighted by atomic mass is 32.2. The molecule has 0 amide bonds. The molecule has 1 rings (SSSR count). The van der Waals surface area contributed by atoms with E-state index in [4.69, 9.17) is 0 Å². The molecule has 1 atom stereocenters. The van der Waals surface area contributed by atoms with Gasteiger partial charge in [-0.15, -0.1) is 0 Å². The Morgan fingerprint density at radius 1 is 1.47 bits per heavy atom. The minimum Gasteiger partial charge on any atom is -0.335 e. The highest BCUT2D eigenvalue weighted by molar-refractivity contribution is 7.87. The van der Waals surface area contributed by atoms with E-state index in [0.29, 0.717) is 0 Å². The van der Waals surface area contributed by atoms with E-state index in [-0.39, 0.29) is 6.42 Å². The first kappa shape index (κ1) is 15.5. The van der Waals surface area contributed by atoms with E-state index in [1.165, 1.54) is 30.2 Å². The third-order valence-corrected chi connectivity index (χ3v) is 3.85. The van der Waals surface area contributed by atoms with E-state index in [9.17, 15) is 26.4 Å². The van der Waals surface area contributed by atoms with Gasteiger partial charge in [0.25, 0.3) is 0 Å². The van der Waals surface area contributed by atoms with Crippen molar-refractivity contribution in [3.05, 3.63) is 18.7 Å². The first-order valence-corrected chi connectivity index (χ1v) is 6.62. The molecule has 108 valence electrons. The third-order valence-electron chi connectivity index (χ3n) is 2.23. The van der Waals surface area contributed by atoms with Crippen molar-refractivity contribution in [3.63, 3.8) is 0 Å². The number of hydrogen-bond acceptors (Lipinski definition) is 4. The summed E-state index contributed by atoms with van der Waals surface area (Å²) < 4.78 is 65.6. The van der Waals surface area contributed by atoms with Crippen LogP contribution in [0.15, 0.2) is 18.7 Å². The van der Waals surface area contributed by atoms with Crippen LogP contribution < -0.4 is 4.57 Å². The molecule has 1 unspecified atom stereocenters. The smallest absolute Gasteiger partial charge is 0.335 e. The van der Waals surface area contributed by atoms with Crippen molar-refractivity contribution in [1.29, 1.82) is 0 Å². The van der Waals surface area contributed by atoms with Gasteiger partial charge in [-0.2, -0.15) is 21.6 Å². The topological polar surface area (TPSA) is 69.2 Å². The average molecular weight is 301 g/mol. The molecule has 1 aromatic heterocycles. The van der Waals surface area contributed by atoms with Crippen LogP contribution in [0.5, 0.6) is 0 Å². The molecule has 19 heavy (non-hydrogen) atoms. The van der Waals surface area contributed by atoms with E-state index in [1.54, 1.807) is 7.05 Å². The minimum atomic E-state index is -5.35. The number of aromatic nitrogens is 2. The van der Waals surface area contributed by atoms with Crippen molar-refractivity contribution in [1.82, 2.24) is 4.57 Å².